The number of nitrogens with one attached hydrogen (secondary N) is 1. The average molecular weight is 587 g/mol. The van der Waals surface area contributed by atoms with E-state index in [9.17, 15) is 18.0 Å². The third-order valence-corrected chi connectivity index (χ3v) is 9.14. The number of hydrogen-bond donors (Lipinski definition) is 1. The number of carbonyl (C=O) groups excluding carboxylic acids is 1. The van der Waals surface area contributed by atoms with Crippen LogP contribution in [0.25, 0.3) is 22.0 Å². The number of amides is 1. The van der Waals surface area contributed by atoms with Crippen molar-refractivity contribution < 1.29 is 18.0 Å². The van der Waals surface area contributed by atoms with E-state index in [2.05, 4.69) is 47.2 Å². The largest absolute Gasteiger partial charge is 0.405 e. The van der Waals surface area contributed by atoms with Crippen molar-refractivity contribution in [1.82, 2.24) is 15.2 Å². The smallest absolute Gasteiger partial charge is 0.351 e. The molecule has 1 N–H and O–H groups in total. The van der Waals surface area contributed by atoms with Crippen LogP contribution in [0, 0.1) is 0 Å². The number of halogens is 3. The molecule has 0 spiro atoms. The lowest BCUT2D eigenvalue weighted by molar-refractivity contribution is -0.141. The number of para-hydroxylation sites is 1. The Morgan fingerprint density at radius 1 is 0.860 bits per heavy atom. The summed E-state index contributed by atoms with van der Waals surface area (Å²) in [4.78, 5) is 23.5. The van der Waals surface area contributed by atoms with Crippen molar-refractivity contribution in [3.63, 3.8) is 0 Å². The van der Waals surface area contributed by atoms with Crippen LogP contribution in [0.2, 0.25) is 0 Å². The van der Waals surface area contributed by atoms with E-state index in [-0.39, 0.29) is 6.04 Å². The predicted molar refractivity (Wildman–Crippen MR) is 165 cm³/mol. The molecular formula is C35H37F3N4O. The van der Waals surface area contributed by atoms with Gasteiger partial charge in [0.2, 0.25) is 5.91 Å². The van der Waals surface area contributed by atoms with E-state index in [4.69, 9.17) is 4.98 Å². The molecule has 3 aromatic carbocycles. The molecule has 0 radical (unpaired) electrons. The molecule has 8 heteroatoms. The number of anilines is 1. The Morgan fingerprint density at radius 3 is 2.21 bits per heavy atom. The fourth-order valence-electron chi connectivity index (χ4n) is 7.03. The van der Waals surface area contributed by atoms with Crippen LogP contribution in [0.3, 0.4) is 0 Å². The number of fused-ring (bicyclic) bond motifs is 4. The zero-order chi connectivity index (χ0) is 30.2. The summed E-state index contributed by atoms with van der Waals surface area (Å²) in [5, 5.41) is 3.36. The number of pyridine rings is 1. The molecule has 43 heavy (non-hydrogen) atoms. The number of rotatable bonds is 8. The van der Waals surface area contributed by atoms with Gasteiger partial charge in [-0.3, -0.25) is 9.69 Å². The molecule has 0 unspecified atom stereocenters. The summed E-state index contributed by atoms with van der Waals surface area (Å²) < 4.78 is 39.5. The lowest BCUT2D eigenvalue weighted by atomic mass is 9.73. The Hall–Kier alpha value is -3.91. The van der Waals surface area contributed by atoms with Crippen molar-refractivity contribution in [2.45, 2.75) is 56.8 Å². The summed E-state index contributed by atoms with van der Waals surface area (Å²) in [5.74, 6) is 0.406. The lowest BCUT2D eigenvalue weighted by Gasteiger charge is -2.45. The first-order chi connectivity index (χ1) is 20.7. The summed E-state index contributed by atoms with van der Waals surface area (Å²) >= 11 is 0. The van der Waals surface area contributed by atoms with Gasteiger partial charge in [0.1, 0.15) is 17.8 Å². The lowest BCUT2D eigenvalue weighted by Crippen LogP contribution is -2.56. The molecule has 2 aliphatic rings. The third-order valence-electron chi connectivity index (χ3n) is 9.14. The number of alkyl halides is 3. The highest BCUT2D eigenvalue weighted by atomic mass is 19.4. The van der Waals surface area contributed by atoms with Gasteiger partial charge in [0, 0.05) is 30.6 Å². The summed E-state index contributed by atoms with van der Waals surface area (Å²) in [5.41, 5.74) is 3.24. The van der Waals surface area contributed by atoms with Gasteiger partial charge in [-0.15, -0.1) is 0 Å². The van der Waals surface area contributed by atoms with Crippen LogP contribution in [0.5, 0.6) is 0 Å². The van der Waals surface area contributed by atoms with E-state index in [1.54, 1.807) is 0 Å². The molecule has 6 rings (SSSR count). The molecule has 0 bridgehead atoms. The monoisotopic (exact) mass is 586 g/mol. The Morgan fingerprint density at radius 2 is 1.51 bits per heavy atom. The normalized spacial score (nSPS) is 19.7. The molecule has 4 aromatic rings. The number of carbonyl (C=O) groups is 1. The van der Waals surface area contributed by atoms with Gasteiger partial charge in [-0.1, -0.05) is 73.2 Å². The first kappa shape index (κ1) is 29.2. The second kappa shape index (κ2) is 11.6. The van der Waals surface area contributed by atoms with Crippen molar-refractivity contribution in [2.75, 3.05) is 31.1 Å². The van der Waals surface area contributed by atoms with Gasteiger partial charge in [0.15, 0.2) is 0 Å². The number of hydrogen-bond acceptors (Lipinski definition) is 4. The summed E-state index contributed by atoms with van der Waals surface area (Å²) in [7, 11) is 0. The highest BCUT2D eigenvalue weighted by Crippen LogP contribution is 2.51. The van der Waals surface area contributed by atoms with Crippen molar-refractivity contribution in [2.24, 2.45) is 0 Å². The maximum Gasteiger partial charge on any atom is 0.405 e. The molecular weight excluding hydrogens is 549 g/mol. The molecule has 1 aliphatic carbocycles. The van der Waals surface area contributed by atoms with Gasteiger partial charge in [0.25, 0.3) is 0 Å². The van der Waals surface area contributed by atoms with E-state index in [1.807, 2.05) is 66.7 Å². The zero-order valence-electron chi connectivity index (χ0n) is 24.6. The molecule has 1 aromatic heterocycles. The van der Waals surface area contributed by atoms with Crippen LogP contribution in [0.1, 0.15) is 44.2 Å². The fraction of sp³-hybridized carbons (Fsp3) is 0.371. The topological polar surface area (TPSA) is 48.5 Å². The predicted octanol–water partition coefficient (Wildman–Crippen LogP) is 6.95. The third kappa shape index (κ3) is 5.60. The molecule has 1 saturated heterocycles. The molecule has 1 fully saturated rings. The van der Waals surface area contributed by atoms with Gasteiger partial charge in [-0.2, -0.15) is 13.2 Å². The minimum atomic E-state index is -4.48. The van der Waals surface area contributed by atoms with Crippen LogP contribution in [-0.2, 0) is 10.2 Å². The molecule has 0 saturated carbocycles. The molecule has 2 atom stereocenters. The highest BCUT2D eigenvalue weighted by Gasteiger charge is 2.49. The molecule has 1 amide bonds. The summed E-state index contributed by atoms with van der Waals surface area (Å²) in [6, 6.07) is 28.2. The van der Waals surface area contributed by atoms with Crippen LogP contribution >= 0.6 is 0 Å². The summed E-state index contributed by atoms with van der Waals surface area (Å²) in [6.07, 6.45) is -2.50. The van der Waals surface area contributed by atoms with Crippen LogP contribution in [0.4, 0.5) is 19.0 Å². The zero-order valence-corrected chi connectivity index (χ0v) is 24.6. The second-order valence-electron chi connectivity index (χ2n) is 12.0. The minimum Gasteiger partial charge on any atom is -0.351 e. The van der Waals surface area contributed by atoms with Gasteiger partial charge in [-0.25, -0.2) is 4.98 Å². The van der Waals surface area contributed by atoms with Crippen molar-refractivity contribution in [3.05, 3.63) is 96.1 Å². The van der Waals surface area contributed by atoms with Crippen molar-refractivity contribution in [3.8, 4) is 11.1 Å². The molecule has 5 nitrogen and oxygen atoms in total. The maximum absolute atomic E-state index is 13.7. The Balaban J connectivity index is 1.16. The number of unbranched alkanes of at least 4 members (excludes halogenated alkanes) is 1. The molecule has 224 valence electrons. The number of benzene rings is 3. The average Bonchev–Trinajstić information content (AvgIpc) is 3.29. The van der Waals surface area contributed by atoms with E-state index < -0.39 is 24.0 Å². The summed E-state index contributed by atoms with van der Waals surface area (Å²) in [6.45, 7) is 5.71. The van der Waals surface area contributed by atoms with Crippen LogP contribution in [0.15, 0.2) is 84.9 Å². The van der Waals surface area contributed by atoms with Gasteiger partial charge in [-0.05, 0) is 73.7 Å². The maximum atomic E-state index is 13.7. The standard InChI is InChI=1S/C35H37F3N4O/c1-24-22-42(32-18-17-26-11-3-8-16-31(26)40-32)25(2)21-41(24)20-10-9-19-34(33(43)39-23-35(36,37)38)29-14-6-4-12-27(29)28-13-5-7-15-30(28)34/h3-8,11-18,24-25H,9-10,19-23H2,1-2H3,(H,39,43)/t24-,25+/m1/s1. The van der Waals surface area contributed by atoms with Gasteiger partial charge in [0.05, 0.1) is 5.52 Å². The highest BCUT2D eigenvalue weighted by molar-refractivity contribution is 6.00. The van der Waals surface area contributed by atoms with Crippen molar-refractivity contribution >= 4 is 22.6 Å². The van der Waals surface area contributed by atoms with E-state index in [0.29, 0.717) is 18.9 Å². The number of piperazine rings is 1. The molecule has 1 aliphatic heterocycles. The number of aromatic nitrogens is 1. The first-order valence-electron chi connectivity index (χ1n) is 15.1. The van der Waals surface area contributed by atoms with Crippen molar-refractivity contribution in [1.29, 1.82) is 0 Å². The Kier molecular flexibility index (Phi) is 7.90. The Labute approximate surface area is 250 Å². The van der Waals surface area contributed by atoms with Gasteiger partial charge < -0.3 is 10.2 Å². The minimum absolute atomic E-state index is 0.276. The Bertz CT molecular complexity index is 1570. The van der Waals surface area contributed by atoms with E-state index in [1.165, 1.54) is 0 Å². The number of nitrogens with zero attached hydrogens (tertiary/aromatic N) is 3. The second-order valence-corrected chi connectivity index (χ2v) is 12.0. The van der Waals surface area contributed by atoms with Crippen LogP contribution in [-0.4, -0.2) is 60.2 Å². The quantitative estimate of drug-likeness (QED) is 0.227. The van der Waals surface area contributed by atoms with E-state index in [0.717, 1.165) is 65.0 Å². The fourth-order valence-corrected chi connectivity index (χ4v) is 7.03. The molecule has 2 heterocycles. The SMILES string of the molecule is C[C@@H]1CN(c2ccc3ccccc3n2)[C@@H](C)CN1CCCCC1(C(=O)NCC(F)(F)F)c2ccccc2-c2ccccc21. The van der Waals surface area contributed by atoms with E-state index >= 15 is 0 Å². The van der Waals surface area contributed by atoms with Gasteiger partial charge >= 0.3 is 6.18 Å². The first-order valence-corrected chi connectivity index (χ1v) is 15.1. The van der Waals surface area contributed by atoms with Crippen LogP contribution < -0.4 is 10.2 Å².